The minimum absolute atomic E-state index is 0.0523. The smallest absolute Gasteiger partial charge is 0.255 e. The van der Waals surface area contributed by atoms with E-state index in [0.29, 0.717) is 19.0 Å². The van der Waals surface area contributed by atoms with Gasteiger partial charge in [0, 0.05) is 35.7 Å². The van der Waals surface area contributed by atoms with E-state index in [0.717, 1.165) is 54.6 Å². The van der Waals surface area contributed by atoms with Gasteiger partial charge in [0.15, 0.2) is 5.65 Å². The average molecular weight is 425 g/mol. The third-order valence-corrected chi connectivity index (χ3v) is 6.82. The first-order chi connectivity index (χ1) is 14.6. The molecule has 30 heavy (non-hydrogen) atoms. The van der Waals surface area contributed by atoms with Crippen LogP contribution in [0.5, 0.6) is 0 Å². The molecule has 0 aromatic carbocycles. The number of thiophene rings is 1. The number of amides is 1. The Labute approximate surface area is 180 Å². The lowest BCUT2D eigenvalue weighted by Gasteiger charge is -2.25. The maximum Gasteiger partial charge on any atom is 0.255 e. The lowest BCUT2D eigenvalue weighted by Crippen LogP contribution is -2.37. The van der Waals surface area contributed by atoms with Crippen LogP contribution in [0.25, 0.3) is 11.0 Å². The molecule has 0 spiro atoms. The highest BCUT2D eigenvalue weighted by molar-refractivity contribution is 7.09. The molecule has 2 aliphatic rings. The van der Waals surface area contributed by atoms with Crippen molar-refractivity contribution >= 4 is 28.3 Å². The van der Waals surface area contributed by atoms with Gasteiger partial charge in [-0.15, -0.1) is 11.3 Å². The number of fused-ring (bicyclic) bond motifs is 1. The second kappa shape index (κ2) is 8.12. The van der Waals surface area contributed by atoms with E-state index in [4.69, 9.17) is 9.72 Å². The van der Waals surface area contributed by atoms with Gasteiger partial charge in [-0.05, 0) is 57.0 Å². The first-order valence-corrected chi connectivity index (χ1v) is 11.8. The highest BCUT2D eigenvalue weighted by Crippen LogP contribution is 2.40. The molecular weight excluding hydrogens is 396 g/mol. The summed E-state index contributed by atoms with van der Waals surface area (Å²) in [6, 6.07) is 6.35. The Hall–Kier alpha value is -2.25. The Morgan fingerprint density at radius 2 is 2.23 bits per heavy atom. The van der Waals surface area contributed by atoms with Gasteiger partial charge in [-0.2, -0.15) is 5.10 Å². The average Bonchev–Trinajstić information content (AvgIpc) is 3.13. The van der Waals surface area contributed by atoms with Crippen LogP contribution in [0, 0.1) is 0 Å². The van der Waals surface area contributed by atoms with E-state index >= 15 is 0 Å². The molecule has 3 aromatic heterocycles. The maximum absolute atomic E-state index is 13.9. The summed E-state index contributed by atoms with van der Waals surface area (Å²) >= 11 is 1.69. The van der Waals surface area contributed by atoms with Crippen LogP contribution >= 0.6 is 11.3 Å². The molecule has 1 saturated heterocycles. The molecule has 1 aliphatic carbocycles. The standard InChI is InChI=1S/C23H28N4O2S/c1-15(2)27-22-20(12-24-27)19(11-21(25-22)16-7-8-16)23(28)26(13-17-5-3-9-29-17)14-18-6-4-10-30-18/h4,6,10-12,15-17H,3,5,7-9,13-14H2,1-2H3. The molecule has 0 radical (unpaired) electrons. The zero-order chi connectivity index (χ0) is 20.7. The fourth-order valence-corrected chi connectivity index (χ4v) is 4.91. The molecule has 7 heteroatoms. The number of ether oxygens (including phenoxy) is 1. The predicted molar refractivity (Wildman–Crippen MR) is 118 cm³/mol. The van der Waals surface area contributed by atoms with Gasteiger partial charge in [0.25, 0.3) is 5.91 Å². The fourth-order valence-electron chi connectivity index (χ4n) is 4.19. The maximum atomic E-state index is 13.9. The van der Waals surface area contributed by atoms with Crippen LogP contribution < -0.4 is 0 Å². The highest BCUT2D eigenvalue weighted by Gasteiger charge is 2.30. The molecule has 6 nitrogen and oxygen atoms in total. The number of carbonyl (C=O) groups excluding carboxylic acids is 1. The lowest BCUT2D eigenvalue weighted by atomic mass is 10.1. The summed E-state index contributed by atoms with van der Waals surface area (Å²) in [5.41, 5.74) is 2.58. The normalized spacial score (nSPS) is 19.1. The highest BCUT2D eigenvalue weighted by atomic mass is 32.1. The molecule has 1 saturated carbocycles. The zero-order valence-electron chi connectivity index (χ0n) is 17.6. The zero-order valence-corrected chi connectivity index (χ0v) is 18.4. The monoisotopic (exact) mass is 424 g/mol. The Morgan fingerprint density at radius 3 is 2.90 bits per heavy atom. The molecule has 0 bridgehead atoms. The van der Waals surface area contributed by atoms with Gasteiger partial charge < -0.3 is 9.64 Å². The van der Waals surface area contributed by atoms with Crippen LogP contribution in [0.3, 0.4) is 0 Å². The van der Waals surface area contributed by atoms with Crippen molar-refractivity contribution in [2.24, 2.45) is 0 Å². The van der Waals surface area contributed by atoms with Crippen molar-refractivity contribution in [3.8, 4) is 0 Å². The molecule has 1 unspecified atom stereocenters. The topological polar surface area (TPSA) is 60.2 Å². The summed E-state index contributed by atoms with van der Waals surface area (Å²) in [7, 11) is 0. The van der Waals surface area contributed by atoms with Gasteiger partial charge in [-0.1, -0.05) is 6.07 Å². The summed E-state index contributed by atoms with van der Waals surface area (Å²) in [5, 5.41) is 7.47. The van der Waals surface area contributed by atoms with Crippen molar-refractivity contribution in [3.05, 3.63) is 45.9 Å². The minimum Gasteiger partial charge on any atom is -0.376 e. The Kier molecular flexibility index (Phi) is 5.33. The number of carbonyl (C=O) groups is 1. The van der Waals surface area contributed by atoms with Gasteiger partial charge in [-0.3, -0.25) is 4.79 Å². The molecular formula is C23H28N4O2S. The van der Waals surface area contributed by atoms with Crippen molar-refractivity contribution in [1.82, 2.24) is 19.7 Å². The molecule has 5 rings (SSSR count). The quantitative estimate of drug-likeness (QED) is 0.548. The summed E-state index contributed by atoms with van der Waals surface area (Å²) in [5.74, 6) is 0.525. The van der Waals surface area contributed by atoms with Crippen molar-refractivity contribution in [1.29, 1.82) is 0 Å². The van der Waals surface area contributed by atoms with Crippen molar-refractivity contribution in [2.75, 3.05) is 13.2 Å². The Bertz CT molecular complexity index is 1030. The summed E-state index contributed by atoms with van der Waals surface area (Å²) in [4.78, 5) is 21.9. The van der Waals surface area contributed by atoms with E-state index in [1.165, 1.54) is 4.88 Å². The van der Waals surface area contributed by atoms with Crippen molar-refractivity contribution < 1.29 is 9.53 Å². The van der Waals surface area contributed by atoms with E-state index in [-0.39, 0.29) is 18.1 Å². The first kappa shape index (κ1) is 19.7. The Morgan fingerprint density at radius 1 is 1.37 bits per heavy atom. The third kappa shape index (κ3) is 3.88. The molecule has 4 heterocycles. The molecule has 158 valence electrons. The molecule has 3 aromatic rings. The van der Waals surface area contributed by atoms with Gasteiger partial charge in [0.1, 0.15) is 0 Å². The largest absolute Gasteiger partial charge is 0.376 e. The van der Waals surface area contributed by atoms with E-state index in [9.17, 15) is 4.79 Å². The first-order valence-electron chi connectivity index (χ1n) is 10.9. The fraction of sp³-hybridized carbons (Fsp3) is 0.522. The minimum atomic E-state index is 0.0523. The van der Waals surface area contributed by atoms with Crippen LogP contribution in [-0.4, -0.2) is 44.8 Å². The van der Waals surface area contributed by atoms with Crippen molar-refractivity contribution in [2.45, 2.75) is 64.1 Å². The third-order valence-electron chi connectivity index (χ3n) is 5.96. The lowest BCUT2D eigenvalue weighted by molar-refractivity contribution is 0.0511. The SMILES string of the molecule is CC(C)n1ncc2c(C(=O)N(Cc3cccs3)CC3CCCO3)cc(C3CC3)nc21. The van der Waals surface area contributed by atoms with E-state index in [1.54, 1.807) is 11.3 Å². The molecule has 2 fully saturated rings. The van der Waals surface area contributed by atoms with Gasteiger partial charge >= 0.3 is 0 Å². The van der Waals surface area contributed by atoms with Crippen LogP contribution in [0.2, 0.25) is 0 Å². The summed E-state index contributed by atoms with van der Waals surface area (Å²) < 4.78 is 7.80. The molecule has 1 aliphatic heterocycles. The number of aromatic nitrogens is 3. The second-order valence-electron chi connectivity index (χ2n) is 8.69. The van der Waals surface area contributed by atoms with Crippen LogP contribution in [0.15, 0.2) is 29.8 Å². The number of pyridine rings is 1. The number of nitrogens with zero attached hydrogens (tertiary/aromatic N) is 4. The Balaban J connectivity index is 1.54. The second-order valence-corrected chi connectivity index (χ2v) is 9.72. The number of rotatable bonds is 7. The number of hydrogen-bond acceptors (Lipinski definition) is 5. The predicted octanol–water partition coefficient (Wildman–Crippen LogP) is 4.77. The van der Waals surface area contributed by atoms with E-state index in [2.05, 4.69) is 30.4 Å². The van der Waals surface area contributed by atoms with Crippen LogP contribution in [-0.2, 0) is 11.3 Å². The van der Waals surface area contributed by atoms with Gasteiger partial charge in [-0.25, -0.2) is 9.67 Å². The van der Waals surface area contributed by atoms with Crippen LogP contribution in [0.4, 0.5) is 0 Å². The molecule has 1 amide bonds. The van der Waals surface area contributed by atoms with E-state index < -0.39 is 0 Å². The molecule has 1 atom stereocenters. The number of hydrogen-bond donors (Lipinski definition) is 0. The van der Waals surface area contributed by atoms with Crippen molar-refractivity contribution in [3.63, 3.8) is 0 Å². The van der Waals surface area contributed by atoms with Gasteiger partial charge in [0.2, 0.25) is 0 Å². The van der Waals surface area contributed by atoms with Gasteiger partial charge in [0.05, 0.1) is 29.8 Å². The summed E-state index contributed by atoms with van der Waals surface area (Å²) in [6.45, 7) is 6.22. The molecule has 0 N–H and O–H groups in total. The summed E-state index contributed by atoms with van der Waals surface area (Å²) in [6.07, 6.45) is 6.30. The van der Waals surface area contributed by atoms with E-state index in [1.807, 2.05) is 27.9 Å². The van der Waals surface area contributed by atoms with Crippen LogP contribution in [0.1, 0.15) is 72.4 Å².